The van der Waals surface area contributed by atoms with Gasteiger partial charge < -0.3 is 19.9 Å². The number of rotatable bonds is 4. The summed E-state index contributed by atoms with van der Waals surface area (Å²) in [4.78, 5) is 12.4. The minimum absolute atomic E-state index is 0.290. The Hall–Kier alpha value is -3.47. The van der Waals surface area contributed by atoms with Crippen molar-refractivity contribution in [2.75, 3.05) is 17.7 Å². The molecule has 2 N–H and O–H groups in total. The summed E-state index contributed by atoms with van der Waals surface area (Å²) in [5.41, 5.74) is 3.79. The molecular weight excluding hydrogens is 338 g/mol. The van der Waals surface area contributed by atoms with Crippen LogP contribution in [0, 0.1) is 0 Å². The summed E-state index contributed by atoms with van der Waals surface area (Å²) in [6.45, 7) is 3.03. The average Bonchev–Trinajstić information content (AvgIpc) is 3.01. The lowest BCUT2D eigenvalue weighted by Gasteiger charge is -2.09. The SMILES string of the molecule is CCn1c2ccccc2c2cc(NC(=O)Nc3cccc(OC)c3)ccc21. The van der Waals surface area contributed by atoms with Crippen molar-refractivity contribution in [3.05, 3.63) is 66.7 Å². The van der Waals surface area contributed by atoms with Gasteiger partial charge in [0.15, 0.2) is 0 Å². The molecule has 0 bridgehead atoms. The highest BCUT2D eigenvalue weighted by Gasteiger charge is 2.11. The number of benzene rings is 3. The number of methoxy groups -OCH3 is 1. The number of ether oxygens (including phenoxy) is 1. The highest BCUT2D eigenvalue weighted by atomic mass is 16.5. The van der Waals surface area contributed by atoms with E-state index in [0.717, 1.165) is 23.1 Å². The molecule has 0 atom stereocenters. The molecule has 0 unspecified atom stereocenters. The van der Waals surface area contributed by atoms with Crippen LogP contribution >= 0.6 is 0 Å². The summed E-state index contributed by atoms with van der Waals surface area (Å²) in [6, 6.07) is 21.3. The van der Waals surface area contributed by atoms with E-state index in [-0.39, 0.29) is 6.03 Å². The molecule has 1 aromatic heterocycles. The number of fused-ring (bicyclic) bond motifs is 3. The molecule has 4 aromatic rings. The molecule has 0 spiro atoms. The number of hydrogen-bond donors (Lipinski definition) is 2. The number of carbonyl (C=O) groups excluding carboxylic acids is 1. The van der Waals surface area contributed by atoms with Crippen molar-refractivity contribution in [3.63, 3.8) is 0 Å². The van der Waals surface area contributed by atoms with Gasteiger partial charge in [-0.3, -0.25) is 0 Å². The molecule has 0 fully saturated rings. The van der Waals surface area contributed by atoms with Crippen LogP contribution in [0.15, 0.2) is 66.7 Å². The lowest BCUT2D eigenvalue weighted by Crippen LogP contribution is -2.19. The third kappa shape index (κ3) is 3.19. The number of carbonyl (C=O) groups is 1. The molecule has 5 heteroatoms. The Balaban J connectivity index is 1.62. The smallest absolute Gasteiger partial charge is 0.323 e. The summed E-state index contributed by atoms with van der Waals surface area (Å²) in [7, 11) is 1.60. The molecule has 27 heavy (non-hydrogen) atoms. The molecule has 4 rings (SSSR count). The molecule has 5 nitrogen and oxygen atoms in total. The maximum Gasteiger partial charge on any atom is 0.323 e. The molecule has 0 saturated heterocycles. The highest BCUT2D eigenvalue weighted by Crippen LogP contribution is 2.31. The fourth-order valence-corrected chi connectivity index (χ4v) is 3.47. The number of para-hydroxylation sites is 1. The lowest BCUT2D eigenvalue weighted by molar-refractivity contribution is 0.262. The van der Waals surface area contributed by atoms with Gasteiger partial charge >= 0.3 is 6.03 Å². The average molecular weight is 359 g/mol. The maximum atomic E-state index is 12.4. The Morgan fingerprint density at radius 3 is 2.41 bits per heavy atom. The molecule has 0 aliphatic heterocycles. The van der Waals surface area contributed by atoms with Crippen LogP contribution in [-0.4, -0.2) is 17.7 Å². The molecule has 3 aromatic carbocycles. The van der Waals surface area contributed by atoms with Gasteiger partial charge in [0.1, 0.15) is 5.75 Å². The Labute approximate surface area is 157 Å². The van der Waals surface area contributed by atoms with E-state index in [1.54, 1.807) is 13.2 Å². The molecule has 0 aliphatic carbocycles. The van der Waals surface area contributed by atoms with Crippen LogP contribution in [0.25, 0.3) is 21.8 Å². The van der Waals surface area contributed by atoms with Crippen LogP contribution in [0.1, 0.15) is 6.92 Å². The Morgan fingerprint density at radius 2 is 1.63 bits per heavy atom. The number of nitrogens with zero attached hydrogens (tertiary/aromatic N) is 1. The van der Waals surface area contributed by atoms with Gasteiger partial charge in [-0.25, -0.2) is 4.79 Å². The highest BCUT2D eigenvalue weighted by molar-refractivity contribution is 6.10. The summed E-state index contributed by atoms with van der Waals surface area (Å²) >= 11 is 0. The van der Waals surface area contributed by atoms with Gasteiger partial charge in [-0.05, 0) is 43.3 Å². The summed E-state index contributed by atoms with van der Waals surface area (Å²) in [5, 5.41) is 8.06. The second-order valence-corrected chi connectivity index (χ2v) is 6.30. The first-order chi connectivity index (χ1) is 13.2. The van der Waals surface area contributed by atoms with Crippen LogP contribution < -0.4 is 15.4 Å². The standard InChI is InChI=1S/C22H21N3O2/c1-3-25-20-10-5-4-9-18(20)19-14-16(11-12-21(19)25)24-22(26)23-15-7-6-8-17(13-15)27-2/h4-14H,3H2,1-2H3,(H2,23,24,26). The zero-order valence-electron chi connectivity index (χ0n) is 15.3. The van der Waals surface area contributed by atoms with Crippen molar-refractivity contribution in [2.24, 2.45) is 0 Å². The van der Waals surface area contributed by atoms with Crippen LogP contribution in [0.2, 0.25) is 0 Å². The number of urea groups is 1. The normalized spacial score (nSPS) is 10.9. The third-order valence-electron chi connectivity index (χ3n) is 4.67. The Kier molecular flexibility index (Phi) is 4.42. The number of anilines is 2. The number of nitrogens with one attached hydrogen (secondary N) is 2. The van der Waals surface area contributed by atoms with Crippen molar-refractivity contribution in [2.45, 2.75) is 13.5 Å². The van der Waals surface area contributed by atoms with E-state index >= 15 is 0 Å². The van der Waals surface area contributed by atoms with E-state index in [2.05, 4.69) is 40.3 Å². The zero-order chi connectivity index (χ0) is 18.8. The zero-order valence-corrected chi connectivity index (χ0v) is 15.3. The van der Waals surface area contributed by atoms with Gasteiger partial charge in [0.05, 0.1) is 7.11 Å². The van der Waals surface area contributed by atoms with Crippen LogP contribution in [-0.2, 0) is 6.54 Å². The molecule has 2 amide bonds. The molecule has 136 valence electrons. The largest absolute Gasteiger partial charge is 0.497 e. The first-order valence-electron chi connectivity index (χ1n) is 8.92. The fourth-order valence-electron chi connectivity index (χ4n) is 3.47. The van der Waals surface area contributed by atoms with Gasteiger partial charge in [0, 0.05) is 45.8 Å². The van der Waals surface area contributed by atoms with Crippen LogP contribution in [0.5, 0.6) is 5.75 Å². The Bertz CT molecular complexity index is 1130. The third-order valence-corrected chi connectivity index (χ3v) is 4.67. The summed E-state index contributed by atoms with van der Waals surface area (Å²) < 4.78 is 7.47. The predicted molar refractivity (Wildman–Crippen MR) is 111 cm³/mol. The van der Waals surface area contributed by atoms with E-state index in [1.807, 2.05) is 42.5 Å². The quantitative estimate of drug-likeness (QED) is 0.508. The Morgan fingerprint density at radius 1 is 0.889 bits per heavy atom. The summed E-state index contributed by atoms with van der Waals surface area (Å²) in [6.07, 6.45) is 0. The van der Waals surface area contributed by atoms with Gasteiger partial charge in [-0.1, -0.05) is 24.3 Å². The van der Waals surface area contributed by atoms with Crippen molar-refractivity contribution >= 4 is 39.2 Å². The van der Waals surface area contributed by atoms with E-state index < -0.39 is 0 Å². The predicted octanol–water partition coefficient (Wildman–Crippen LogP) is 5.47. The van der Waals surface area contributed by atoms with Crippen LogP contribution in [0.4, 0.5) is 16.2 Å². The van der Waals surface area contributed by atoms with Crippen molar-refractivity contribution in [1.82, 2.24) is 4.57 Å². The van der Waals surface area contributed by atoms with Gasteiger partial charge in [0.25, 0.3) is 0 Å². The first kappa shape index (κ1) is 17.0. The topological polar surface area (TPSA) is 55.3 Å². The second kappa shape index (κ2) is 7.03. The first-order valence-corrected chi connectivity index (χ1v) is 8.92. The van der Waals surface area contributed by atoms with Crippen molar-refractivity contribution in [3.8, 4) is 5.75 Å². The van der Waals surface area contributed by atoms with E-state index in [1.165, 1.54) is 10.9 Å². The fraction of sp³-hybridized carbons (Fsp3) is 0.136. The maximum absolute atomic E-state index is 12.4. The van der Waals surface area contributed by atoms with Gasteiger partial charge in [0.2, 0.25) is 0 Å². The minimum atomic E-state index is -0.290. The van der Waals surface area contributed by atoms with Gasteiger partial charge in [-0.15, -0.1) is 0 Å². The minimum Gasteiger partial charge on any atom is -0.497 e. The van der Waals surface area contributed by atoms with E-state index in [4.69, 9.17) is 4.74 Å². The number of aromatic nitrogens is 1. The summed E-state index contributed by atoms with van der Waals surface area (Å²) in [5.74, 6) is 0.696. The van der Waals surface area contributed by atoms with E-state index in [0.29, 0.717) is 11.4 Å². The second-order valence-electron chi connectivity index (χ2n) is 6.30. The molecule has 0 aliphatic rings. The lowest BCUT2D eigenvalue weighted by atomic mass is 10.1. The number of hydrogen-bond acceptors (Lipinski definition) is 2. The van der Waals surface area contributed by atoms with Gasteiger partial charge in [-0.2, -0.15) is 0 Å². The number of aryl methyl sites for hydroxylation is 1. The van der Waals surface area contributed by atoms with Crippen LogP contribution in [0.3, 0.4) is 0 Å². The van der Waals surface area contributed by atoms with Crippen molar-refractivity contribution < 1.29 is 9.53 Å². The molecule has 1 heterocycles. The molecule has 0 saturated carbocycles. The monoisotopic (exact) mass is 359 g/mol. The molecular formula is C22H21N3O2. The van der Waals surface area contributed by atoms with Crippen molar-refractivity contribution in [1.29, 1.82) is 0 Å². The van der Waals surface area contributed by atoms with E-state index in [9.17, 15) is 4.79 Å². The number of amides is 2. The molecule has 0 radical (unpaired) electrons.